The van der Waals surface area contributed by atoms with Crippen LogP contribution in [0.25, 0.3) is 0 Å². The van der Waals surface area contributed by atoms with Gasteiger partial charge in [-0.15, -0.1) is 0 Å². The minimum atomic E-state index is -0.250. The van der Waals surface area contributed by atoms with Crippen LogP contribution in [0.5, 0.6) is 0 Å². The number of morpholine rings is 1. The minimum absolute atomic E-state index is 0.0177. The highest BCUT2D eigenvalue weighted by Gasteiger charge is 2.38. The summed E-state index contributed by atoms with van der Waals surface area (Å²) in [6.07, 6.45) is 1.97. The maximum atomic E-state index is 12.7. The average Bonchev–Trinajstić information content (AvgIpc) is 3.08. The lowest BCUT2D eigenvalue weighted by Crippen LogP contribution is -2.50. The molecule has 3 heterocycles. The van der Waals surface area contributed by atoms with Crippen molar-refractivity contribution in [1.82, 2.24) is 9.80 Å². The summed E-state index contributed by atoms with van der Waals surface area (Å²) in [6, 6.07) is 3.64. The molecule has 6 nitrogen and oxygen atoms in total. The Labute approximate surface area is 130 Å². The van der Waals surface area contributed by atoms with E-state index >= 15 is 0 Å². The Balaban J connectivity index is 1.61. The molecule has 0 saturated carbocycles. The summed E-state index contributed by atoms with van der Waals surface area (Å²) in [7, 11) is 0. The third-order valence-electron chi connectivity index (χ3n) is 4.22. The quantitative estimate of drug-likeness (QED) is 0.843. The van der Waals surface area contributed by atoms with E-state index in [2.05, 4.69) is 0 Å². The first kappa shape index (κ1) is 15.1. The van der Waals surface area contributed by atoms with Gasteiger partial charge in [0.25, 0.3) is 0 Å². The number of hydrogen-bond donors (Lipinski definition) is 0. The SMILES string of the molecule is C[C@@H]1CN(C(=O)[C@@H]2CC(=O)N(Cc3ccco3)C2)C[C@H](C)O1. The van der Waals surface area contributed by atoms with Gasteiger partial charge in [-0.1, -0.05) is 0 Å². The number of carbonyl (C=O) groups is 2. The van der Waals surface area contributed by atoms with E-state index in [1.54, 1.807) is 17.2 Å². The molecule has 6 heteroatoms. The second-order valence-electron chi connectivity index (χ2n) is 6.26. The maximum Gasteiger partial charge on any atom is 0.228 e. The van der Waals surface area contributed by atoms with Gasteiger partial charge in [-0.05, 0) is 26.0 Å². The summed E-state index contributed by atoms with van der Waals surface area (Å²) in [6.45, 7) is 6.06. The van der Waals surface area contributed by atoms with E-state index < -0.39 is 0 Å². The summed E-state index contributed by atoms with van der Waals surface area (Å²) in [5.74, 6) is 0.580. The fraction of sp³-hybridized carbons (Fsp3) is 0.625. The monoisotopic (exact) mass is 306 g/mol. The van der Waals surface area contributed by atoms with Gasteiger partial charge in [0.1, 0.15) is 5.76 Å². The Bertz CT molecular complexity index is 532. The Hall–Kier alpha value is -1.82. The molecule has 0 radical (unpaired) electrons. The number of ether oxygens (including phenoxy) is 1. The second kappa shape index (κ2) is 6.12. The number of likely N-dealkylation sites (tertiary alicyclic amines) is 1. The van der Waals surface area contributed by atoms with E-state index in [0.717, 1.165) is 5.76 Å². The Morgan fingerprint density at radius 3 is 2.64 bits per heavy atom. The molecule has 1 aromatic heterocycles. The molecule has 3 rings (SSSR count). The molecule has 0 unspecified atom stereocenters. The summed E-state index contributed by atoms with van der Waals surface area (Å²) in [5.41, 5.74) is 0. The normalized spacial score (nSPS) is 29.2. The van der Waals surface area contributed by atoms with Gasteiger partial charge in [0.15, 0.2) is 0 Å². The number of rotatable bonds is 3. The van der Waals surface area contributed by atoms with Crippen LogP contribution in [0.2, 0.25) is 0 Å². The molecule has 3 atom stereocenters. The van der Waals surface area contributed by atoms with Gasteiger partial charge in [-0.2, -0.15) is 0 Å². The lowest BCUT2D eigenvalue weighted by atomic mass is 10.1. The van der Waals surface area contributed by atoms with E-state index in [9.17, 15) is 9.59 Å². The summed E-state index contributed by atoms with van der Waals surface area (Å²) in [4.78, 5) is 28.3. The van der Waals surface area contributed by atoms with Crippen LogP contribution in [0.4, 0.5) is 0 Å². The van der Waals surface area contributed by atoms with E-state index in [1.807, 2.05) is 24.8 Å². The topological polar surface area (TPSA) is 63.0 Å². The van der Waals surface area contributed by atoms with Crippen molar-refractivity contribution in [2.75, 3.05) is 19.6 Å². The molecule has 0 N–H and O–H groups in total. The molecule has 120 valence electrons. The molecule has 22 heavy (non-hydrogen) atoms. The second-order valence-corrected chi connectivity index (χ2v) is 6.26. The van der Waals surface area contributed by atoms with E-state index in [-0.39, 0.29) is 29.9 Å². The molecule has 0 aromatic carbocycles. The van der Waals surface area contributed by atoms with Crippen LogP contribution in [0.3, 0.4) is 0 Å². The van der Waals surface area contributed by atoms with E-state index in [4.69, 9.17) is 9.15 Å². The van der Waals surface area contributed by atoms with Crippen molar-refractivity contribution >= 4 is 11.8 Å². The Kier molecular flexibility index (Phi) is 4.20. The summed E-state index contributed by atoms with van der Waals surface area (Å²) < 4.78 is 10.9. The standard InChI is InChI=1S/C16H22N2O4/c1-11-7-18(8-12(2)22-11)16(20)13-6-15(19)17(9-13)10-14-4-3-5-21-14/h3-5,11-13H,6-10H2,1-2H3/t11-,12+,13-/m1/s1. The highest BCUT2D eigenvalue weighted by atomic mass is 16.5. The van der Waals surface area contributed by atoms with E-state index in [0.29, 0.717) is 32.6 Å². The average molecular weight is 306 g/mol. The number of carbonyl (C=O) groups excluding carboxylic acids is 2. The van der Waals surface area contributed by atoms with Crippen LogP contribution in [-0.4, -0.2) is 53.5 Å². The van der Waals surface area contributed by atoms with Crippen molar-refractivity contribution in [2.24, 2.45) is 5.92 Å². The summed E-state index contributed by atoms with van der Waals surface area (Å²) >= 11 is 0. The van der Waals surface area contributed by atoms with Crippen molar-refractivity contribution in [2.45, 2.75) is 39.0 Å². The third kappa shape index (κ3) is 3.16. The van der Waals surface area contributed by atoms with Crippen molar-refractivity contribution in [3.63, 3.8) is 0 Å². The van der Waals surface area contributed by atoms with Crippen LogP contribution in [0.1, 0.15) is 26.0 Å². The van der Waals surface area contributed by atoms with Crippen LogP contribution < -0.4 is 0 Å². The van der Waals surface area contributed by atoms with Crippen LogP contribution in [0.15, 0.2) is 22.8 Å². The molecule has 2 amide bonds. The van der Waals surface area contributed by atoms with Crippen LogP contribution in [-0.2, 0) is 20.9 Å². The molecule has 2 saturated heterocycles. The molecule has 2 aliphatic heterocycles. The molecule has 0 aliphatic carbocycles. The Morgan fingerprint density at radius 2 is 2.00 bits per heavy atom. The third-order valence-corrected chi connectivity index (χ3v) is 4.22. The van der Waals surface area contributed by atoms with Gasteiger partial charge in [-0.3, -0.25) is 9.59 Å². The number of amides is 2. The van der Waals surface area contributed by atoms with Gasteiger partial charge in [-0.25, -0.2) is 0 Å². The highest BCUT2D eigenvalue weighted by molar-refractivity contribution is 5.89. The van der Waals surface area contributed by atoms with Gasteiger partial charge >= 0.3 is 0 Å². The highest BCUT2D eigenvalue weighted by Crippen LogP contribution is 2.24. The zero-order valence-electron chi connectivity index (χ0n) is 13.0. The minimum Gasteiger partial charge on any atom is -0.467 e. The predicted octanol–water partition coefficient (Wildman–Crippen LogP) is 1.26. The number of hydrogen-bond acceptors (Lipinski definition) is 4. The molecule has 2 fully saturated rings. The fourth-order valence-electron chi connectivity index (χ4n) is 3.30. The number of nitrogens with zero attached hydrogens (tertiary/aromatic N) is 2. The van der Waals surface area contributed by atoms with Gasteiger partial charge in [0.05, 0.1) is 30.9 Å². The predicted molar refractivity (Wildman–Crippen MR) is 78.8 cm³/mol. The fourth-order valence-corrected chi connectivity index (χ4v) is 3.30. The van der Waals surface area contributed by atoms with Crippen molar-refractivity contribution in [3.05, 3.63) is 24.2 Å². The van der Waals surface area contributed by atoms with E-state index in [1.165, 1.54) is 0 Å². The molecule has 0 bridgehead atoms. The molecular weight excluding hydrogens is 284 g/mol. The smallest absolute Gasteiger partial charge is 0.228 e. The van der Waals surface area contributed by atoms with Crippen molar-refractivity contribution in [1.29, 1.82) is 0 Å². The lowest BCUT2D eigenvalue weighted by Gasteiger charge is -2.36. The van der Waals surface area contributed by atoms with Gasteiger partial charge in [0, 0.05) is 26.1 Å². The molecule has 0 spiro atoms. The molecule has 1 aromatic rings. The first-order chi connectivity index (χ1) is 10.5. The largest absolute Gasteiger partial charge is 0.467 e. The first-order valence-corrected chi connectivity index (χ1v) is 7.77. The van der Waals surface area contributed by atoms with Gasteiger partial charge in [0.2, 0.25) is 11.8 Å². The lowest BCUT2D eigenvalue weighted by molar-refractivity contribution is -0.147. The van der Waals surface area contributed by atoms with Gasteiger partial charge < -0.3 is 19.0 Å². The van der Waals surface area contributed by atoms with Crippen LogP contribution in [0, 0.1) is 5.92 Å². The van der Waals surface area contributed by atoms with Crippen molar-refractivity contribution in [3.8, 4) is 0 Å². The van der Waals surface area contributed by atoms with Crippen LogP contribution >= 0.6 is 0 Å². The Morgan fingerprint density at radius 1 is 1.27 bits per heavy atom. The van der Waals surface area contributed by atoms with Crippen molar-refractivity contribution < 1.29 is 18.7 Å². The molecule has 2 aliphatic rings. The summed E-state index contributed by atoms with van der Waals surface area (Å²) in [5, 5.41) is 0. The number of furan rings is 1. The zero-order chi connectivity index (χ0) is 15.7. The zero-order valence-corrected chi connectivity index (χ0v) is 13.0. The maximum absolute atomic E-state index is 12.7. The molecular formula is C16H22N2O4. The first-order valence-electron chi connectivity index (χ1n) is 7.77.